The molecule has 0 atom stereocenters. The number of hydrogen-bond donors (Lipinski definition) is 0. The molecule has 0 aromatic heterocycles. The Kier molecular flexibility index (Phi) is 3.16. The largest absolute Gasteiger partial charge is 0.337 e. The number of halogens is 2. The van der Waals surface area contributed by atoms with Gasteiger partial charge in [0.05, 0.1) is 0 Å². The molecule has 0 unspecified atom stereocenters. The number of rotatable bonds is 2. The lowest BCUT2D eigenvalue weighted by Crippen LogP contribution is -2.17. The van der Waals surface area contributed by atoms with Crippen LogP contribution in [0.25, 0.3) is 0 Å². The summed E-state index contributed by atoms with van der Waals surface area (Å²) in [5.74, 6) is 0.133. The fourth-order valence-electron chi connectivity index (χ4n) is 1.85. The maximum absolute atomic E-state index is 11.8. The molecule has 2 nitrogen and oxygen atoms in total. The van der Waals surface area contributed by atoms with Crippen LogP contribution in [0.15, 0.2) is 12.1 Å². The number of alkyl halides is 2. The molecule has 0 spiro atoms. The number of carbonyl (C=O) groups is 1. The van der Waals surface area contributed by atoms with E-state index in [4.69, 9.17) is 0 Å². The Morgan fingerprint density at radius 3 is 2.47 bits per heavy atom. The van der Waals surface area contributed by atoms with Crippen molar-refractivity contribution < 1.29 is 4.79 Å². The number of carbonyl (C=O) groups excluding carboxylic acids is 1. The lowest BCUT2D eigenvalue weighted by Gasteiger charge is -2.06. The molecule has 15 heavy (non-hydrogen) atoms. The zero-order valence-corrected chi connectivity index (χ0v) is 11.6. The van der Waals surface area contributed by atoms with Crippen LogP contribution in [0.2, 0.25) is 0 Å². The van der Waals surface area contributed by atoms with Gasteiger partial charge in [-0.05, 0) is 22.8 Å². The third kappa shape index (κ3) is 1.85. The Morgan fingerprint density at radius 1 is 1.27 bits per heavy atom. The molecular weight excluding hydrogens is 322 g/mol. The van der Waals surface area contributed by atoms with Gasteiger partial charge in [0.15, 0.2) is 0 Å². The molecule has 0 bridgehead atoms. The van der Waals surface area contributed by atoms with E-state index in [1.165, 1.54) is 11.1 Å². The van der Waals surface area contributed by atoms with Crippen LogP contribution in [0.4, 0.5) is 0 Å². The minimum Gasteiger partial charge on any atom is -0.337 e. The van der Waals surface area contributed by atoms with E-state index < -0.39 is 0 Å². The molecule has 0 fully saturated rings. The fourth-order valence-corrected chi connectivity index (χ4v) is 2.90. The third-order valence-corrected chi connectivity index (χ3v) is 3.91. The van der Waals surface area contributed by atoms with E-state index in [-0.39, 0.29) is 5.91 Å². The molecule has 0 saturated heterocycles. The molecule has 1 aliphatic heterocycles. The predicted molar refractivity (Wildman–Crippen MR) is 67.5 cm³/mol. The van der Waals surface area contributed by atoms with Gasteiger partial charge in [-0.2, -0.15) is 0 Å². The van der Waals surface area contributed by atoms with Gasteiger partial charge >= 0.3 is 0 Å². The number of nitrogens with zero attached hydrogens (tertiary/aromatic N) is 1. The van der Waals surface area contributed by atoms with Crippen molar-refractivity contribution in [2.75, 3.05) is 7.05 Å². The normalized spacial score (nSPS) is 14.6. The molecule has 80 valence electrons. The van der Waals surface area contributed by atoms with Crippen LogP contribution >= 0.6 is 31.9 Å². The van der Waals surface area contributed by atoms with Gasteiger partial charge in [-0.15, -0.1) is 0 Å². The average molecular weight is 333 g/mol. The summed E-state index contributed by atoms with van der Waals surface area (Å²) < 4.78 is 0. The fraction of sp³-hybridized carbons (Fsp3) is 0.364. The van der Waals surface area contributed by atoms with Crippen LogP contribution in [0.1, 0.15) is 27.0 Å². The van der Waals surface area contributed by atoms with Crippen molar-refractivity contribution in [1.82, 2.24) is 4.90 Å². The first kappa shape index (κ1) is 11.1. The molecule has 1 amide bonds. The lowest BCUT2D eigenvalue weighted by atomic mass is 10.0. The van der Waals surface area contributed by atoms with E-state index >= 15 is 0 Å². The van der Waals surface area contributed by atoms with Crippen molar-refractivity contribution >= 4 is 37.8 Å². The molecule has 4 heteroatoms. The van der Waals surface area contributed by atoms with Gasteiger partial charge in [-0.1, -0.05) is 37.9 Å². The van der Waals surface area contributed by atoms with Crippen LogP contribution in [-0.4, -0.2) is 17.9 Å². The smallest absolute Gasteiger partial charge is 0.254 e. The summed E-state index contributed by atoms with van der Waals surface area (Å²) in [5.41, 5.74) is 4.45. The first-order chi connectivity index (χ1) is 7.17. The molecule has 1 aromatic rings. The number of amides is 1. The number of hydrogen-bond acceptors (Lipinski definition) is 1. The summed E-state index contributed by atoms with van der Waals surface area (Å²) in [6.45, 7) is 0.733. The summed E-state index contributed by atoms with van der Waals surface area (Å²) in [6, 6.07) is 4.13. The molecular formula is C11H11Br2NO. The highest BCUT2D eigenvalue weighted by Crippen LogP contribution is 2.27. The van der Waals surface area contributed by atoms with Gasteiger partial charge in [0.25, 0.3) is 5.91 Å². The van der Waals surface area contributed by atoms with Crippen molar-refractivity contribution in [2.45, 2.75) is 17.2 Å². The zero-order chi connectivity index (χ0) is 11.0. The number of fused-ring (bicyclic) bond motifs is 1. The minimum absolute atomic E-state index is 0.133. The summed E-state index contributed by atoms with van der Waals surface area (Å²) in [7, 11) is 1.84. The first-order valence-corrected chi connectivity index (χ1v) is 6.93. The number of benzene rings is 1. The summed E-state index contributed by atoms with van der Waals surface area (Å²) >= 11 is 6.92. The summed E-state index contributed by atoms with van der Waals surface area (Å²) in [4.78, 5) is 13.5. The second-order valence-electron chi connectivity index (χ2n) is 3.71. The highest BCUT2D eigenvalue weighted by molar-refractivity contribution is 9.09. The zero-order valence-electron chi connectivity index (χ0n) is 8.39. The Morgan fingerprint density at radius 2 is 1.87 bits per heavy atom. The lowest BCUT2D eigenvalue weighted by molar-refractivity contribution is 0.0816. The Bertz CT molecular complexity index is 417. The van der Waals surface area contributed by atoms with Crippen molar-refractivity contribution in [3.63, 3.8) is 0 Å². The molecule has 2 rings (SSSR count). The molecule has 1 heterocycles. The maximum Gasteiger partial charge on any atom is 0.254 e. The van der Waals surface area contributed by atoms with Crippen molar-refractivity contribution in [3.05, 3.63) is 34.4 Å². The highest BCUT2D eigenvalue weighted by Gasteiger charge is 2.25. The van der Waals surface area contributed by atoms with Crippen LogP contribution < -0.4 is 0 Å². The SMILES string of the molecule is CN1Cc2cc(CBr)c(CBr)cc2C1=O. The third-order valence-electron chi connectivity index (χ3n) is 2.70. The van der Waals surface area contributed by atoms with E-state index in [1.807, 2.05) is 13.1 Å². The van der Waals surface area contributed by atoms with Gasteiger partial charge in [0, 0.05) is 29.8 Å². The van der Waals surface area contributed by atoms with Gasteiger partial charge in [0.1, 0.15) is 0 Å². The second-order valence-corrected chi connectivity index (χ2v) is 4.83. The van der Waals surface area contributed by atoms with E-state index in [0.717, 1.165) is 28.3 Å². The molecule has 0 aliphatic carbocycles. The van der Waals surface area contributed by atoms with Gasteiger partial charge < -0.3 is 4.90 Å². The van der Waals surface area contributed by atoms with Crippen LogP contribution in [0, 0.1) is 0 Å². The van der Waals surface area contributed by atoms with E-state index in [9.17, 15) is 4.79 Å². The molecule has 1 aliphatic rings. The maximum atomic E-state index is 11.8. The summed E-state index contributed by atoms with van der Waals surface area (Å²) in [6.07, 6.45) is 0. The Balaban J connectivity index is 2.53. The van der Waals surface area contributed by atoms with Crippen molar-refractivity contribution in [2.24, 2.45) is 0 Å². The molecule has 0 radical (unpaired) electrons. The van der Waals surface area contributed by atoms with Crippen LogP contribution in [0.5, 0.6) is 0 Å². The van der Waals surface area contributed by atoms with Crippen molar-refractivity contribution in [3.8, 4) is 0 Å². The van der Waals surface area contributed by atoms with Gasteiger partial charge in [-0.3, -0.25) is 4.79 Å². The molecule has 0 N–H and O–H groups in total. The monoisotopic (exact) mass is 331 g/mol. The van der Waals surface area contributed by atoms with Crippen LogP contribution in [-0.2, 0) is 17.2 Å². The molecule has 1 aromatic carbocycles. The van der Waals surface area contributed by atoms with Gasteiger partial charge in [-0.25, -0.2) is 0 Å². The van der Waals surface area contributed by atoms with E-state index in [1.54, 1.807) is 4.90 Å². The van der Waals surface area contributed by atoms with Crippen LogP contribution in [0.3, 0.4) is 0 Å². The quantitative estimate of drug-likeness (QED) is 0.762. The highest BCUT2D eigenvalue weighted by atomic mass is 79.9. The topological polar surface area (TPSA) is 20.3 Å². The first-order valence-electron chi connectivity index (χ1n) is 4.69. The summed E-state index contributed by atoms with van der Waals surface area (Å²) in [5, 5.41) is 1.62. The Hall–Kier alpha value is -0.350. The van der Waals surface area contributed by atoms with Crippen molar-refractivity contribution in [1.29, 1.82) is 0 Å². The second kappa shape index (κ2) is 4.26. The molecule has 0 saturated carbocycles. The Labute approximate surface area is 106 Å². The predicted octanol–water partition coefficient (Wildman–Crippen LogP) is 3.06. The van der Waals surface area contributed by atoms with E-state index in [2.05, 4.69) is 37.9 Å². The standard InChI is InChI=1S/C11H11Br2NO/c1-14-6-9-2-7(4-12)8(5-13)3-10(9)11(14)15/h2-3H,4-6H2,1H3. The minimum atomic E-state index is 0.133. The average Bonchev–Trinajstić information content (AvgIpc) is 2.53. The van der Waals surface area contributed by atoms with E-state index in [0.29, 0.717) is 0 Å². The van der Waals surface area contributed by atoms with Gasteiger partial charge in [0.2, 0.25) is 0 Å².